The van der Waals surface area contributed by atoms with Crippen LogP contribution in [-0.2, 0) is 0 Å². The third-order valence-electron chi connectivity index (χ3n) is 2.39. The Balaban J connectivity index is 2.56. The largest absolute Gasteiger partial charge is 0.439 e. The fourth-order valence-corrected chi connectivity index (χ4v) is 1.57. The van der Waals surface area contributed by atoms with Crippen molar-refractivity contribution < 1.29 is 13.2 Å². The number of alkyl halides is 1. The lowest BCUT2D eigenvalue weighted by Gasteiger charge is -2.03. The third kappa shape index (κ3) is 2.17. The standard InChI is InChI=1S/C12H10ClF2NO/c1-6-3-4-8(14)10(11(6)15)9-5-16-12(17-9)7(2)13/h3-5,7H,1-2H3. The number of nitrogens with zero attached hydrogens (tertiary/aromatic N) is 1. The van der Waals surface area contributed by atoms with Crippen LogP contribution in [0.25, 0.3) is 11.3 Å². The first kappa shape index (κ1) is 12.0. The molecule has 0 aliphatic heterocycles. The number of benzene rings is 1. The molecule has 0 N–H and O–H groups in total. The van der Waals surface area contributed by atoms with Crippen molar-refractivity contribution >= 4 is 11.6 Å². The molecule has 5 heteroatoms. The Labute approximate surface area is 102 Å². The van der Waals surface area contributed by atoms with Gasteiger partial charge in [0.1, 0.15) is 17.0 Å². The maximum atomic E-state index is 13.8. The zero-order valence-corrected chi connectivity index (χ0v) is 10.1. The molecule has 1 aromatic carbocycles. The van der Waals surface area contributed by atoms with Crippen LogP contribution in [0.15, 0.2) is 22.7 Å². The minimum Gasteiger partial charge on any atom is -0.439 e. The molecule has 0 fully saturated rings. The van der Waals surface area contributed by atoms with Gasteiger partial charge in [0, 0.05) is 0 Å². The highest BCUT2D eigenvalue weighted by Crippen LogP contribution is 2.30. The van der Waals surface area contributed by atoms with E-state index in [0.29, 0.717) is 5.56 Å². The maximum Gasteiger partial charge on any atom is 0.212 e. The van der Waals surface area contributed by atoms with E-state index >= 15 is 0 Å². The lowest BCUT2D eigenvalue weighted by Crippen LogP contribution is -1.92. The quantitative estimate of drug-likeness (QED) is 0.753. The Hall–Kier alpha value is -1.42. The summed E-state index contributed by atoms with van der Waals surface area (Å²) in [4.78, 5) is 3.87. The first-order valence-electron chi connectivity index (χ1n) is 5.05. The molecule has 0 saturated carbocycles. The molecule has 0 aliphatic carbocycles. The fraction of sp³-hybridized carbons (Fsp3) is 0.250. The lowest BCUT2D eigenvalue weighted by molar-refractivity contribution is 0.496. The summed E-state index contributed by atoms with van der Waals surface area (Å²) in [7, 11) is 0. The molecule has 2 aromatic rings. The summed E-state index contributed by atoms with van der Waals surface area (Å²) in [5, 5.41) is -0.445. The van der Waals surface area contributed by atoms with Crippen molar-refractivity contribution in [2.24, 2.45) is 0 Å². The predicted molar refractivity (Wildman–Crippen MR) is 60.9 cm³/mol. The molecule has 1 atom stereocenters. The van der Waals surface area contributed by atoms with Crippen LogP contribution in [0.4, 0.5) is 8.78 Å². The van der Waals surface area contributed by atoms with Gasteiger partial charge in [-0.25, -0.2) is 13.8 Å². The SMILES string of the molecule is Cc1ccc(F)c(-c2cnc(C(C)Cl)o2)c1F. The highest BCUT2D eigenvalue weighted by molar-refractivity contribution is 6.20. The smallest absolute Gasteiger partial charge is 0.212 e. The van der Waals surface area contributed by atoms with E-state index < -0.39 is 17.0 Å². The Morgan fingerprint density at radius 3 is 2.65 bits per heavy atom. The number of aromatic nitrogens is 1. The molecule has 0 amide bonds. The monoisotopic (exact) mass is 257 g/mol. The van der Waals surface area contributed by atoms with E-state index in [-0.39, 0.29) is 17.2 Å². The van der Waals surface area contributed by atoms with Crippen molar-refractivity contribution in [1.82, 2.24) is 4.98 Å². The Morgan fingerprint density at radius 1 is 1.35 bits per heavy atom. The second kappa shape index (κ2) is 4.45. The summed E-state index contributed by atoms with van der Waals surface area (Å²) in [6.07, 6.45) is 1.27. The molecule has 0 radical (unpaired) electrons. The maximum absolute atomic E-state index is 13.8. The fourth-order valence-electron chi connectivity index (χ4n) is 1.47. The zero-order chi connectivity index (χ0) is 12.6. The number of aryl methyl sites for hydroxylation is 1. The van der Waals surface area contributed by atoms with E-state index in [4.69, 9.17) is 16.0 Å². The van der Waals surface area contributed by atoms with Crippen LogP contribution >= 0.6 is 11.6 Å². The first-order valence-corrected chi connectivity index (χ1v) is 5.49. The van der Waals surface area contributed by atoms with Gasteiger partial charge in [-0.05, 0) is 25.5 Å². The van der Waals surface area contributed by atoms with E-state index in [1.807, 2.05) is 0 Å². The molecular weight excluding hydrogens is 248 g/mol. The molecule has 0 aliphatic rings. The molecule has 2 rings (SSSR count). The average Bonchev–Trinajstić information content (AvgIpc) is 2.73. The van der Waals surface area contributed by atoms with Gasteiger partial charge in [-0.1, -0.05) is 6.07 Å². The van der Waals surface area contributed by atoms with Crippen molar-refractivity contribution in [3.8, 4) is 11.3 Å². The Morgan fingerprint density at radius 2 is 2.06 bits per heavy atom. The van der Waals surface area contributed by atoms with Crippen LogP contribution in [0.5, 0.6) is 0 Å². The highest BCUT2D eigenvalue weighted by Gasteiger charge is 2.18. The number of hydrogen-bond acceptors (Lipinski definition) is 2. The van der Waals surface area contributed by atoms with Crippen molar-refractivity contribution in [2.45, 2.75) is 19.2 Å². The van der Waals surface area contributed by atoms with Crippen LogP contribution < -0.4 is 0 Å². The molecule has 2 nitrogen and oxygen atoms in total. The van der Waals surface area contributed by atoms with Crippen molar-refractivity contribution in [1.29, 1.82) is 0 Å². The van der Waals surface area contributed by atoms with Crippen LogP contribution in [-0.4, -0.2) is 4.98 Å². The van der Waals surface area contributed by atoms with Gasteiger partial charge in [0.05, 0.1) is 11.8 Å². The van der Waals surface area contributed by atoms with E-state index in [0.717, 1.165) is 0 Å². The second-order valence-electron chi connectivity index (χ2n) is 3.73. The summed E-state index contributed by atoms with van der Waals surface area (Å²) in [5.74, 6) is -1.04. The van der Waals surface area contributed by atoms with Gasteiger partial charge in [-0.2, -0.15) is 0 Å². The molecule has 90 valence electrons. The molecular formula is C12H10ClF2NO. The van der Waals surface area contributed by atoms with Crippen LogP contribution in [0.2, 0.25) is 0 Å². The average molecular weight is 258 g/mol. The number of oxazole rings is 1. The number of rotatable bonds is 2. The van der Waals surface area contributed by atoms with Gasteiger partial charge in [0.15, 0.2) is 5.76 Å². The number of hydrogen-bond donors (Lipinski definition) is 0. The normalized spacial score (nSPS) is 12.8. The van der Waals surface area contributed by atoms with Gasteiger partial charge in [0.2, 0.25) is 5.89 Å². The van der Waals surface area contributed by atoms with E-state index in [9.17, 15) is 8.78 Å². The lowest BCUT2D eigenvalue weighted by atomic mass is 10.1. The minimum atomic E-state index is -0.682. The zero-order valence-electron chi connectivity index (χ0n) is 9.30. The summed E-state index contributed by atoms with van der Waals surface area (Å²) < 4.78 is 32.6. The minimum absolute atomic E-state index is 0.0474. The molecule has 1 aromatic heterocycles. The highest BCUT2D eigenvalue weighted by atomic mass is 35.5. The van der Waals surface area contributed by atoms with Crippen molar-refractivity contribution in [2.75, 3.05) is 0 Å². The van der Waals surface area contributed by atoms with Gasteiger partial charge in [-0.15, -0.1) is 11.6 Å². The number of halogens is 3. The van der Waals surface area contributed by atoms with Crippen LogP contribution in [0, 0.1) is 18.6 Å². The molecule has 1 unspecified atom stereocenters. The topological polar surface area (TPSA) is 26.0 Å². The molecule has 0 spiro atoms. The summed E-state index contributed by atoms with van der Waals surface area (Å²) in [6.45, 7) is 3.22. The predicted octanol–water partition coefficient (Wildman–Crippen LogP) is 4.23. The Bertz CT molecular complexity index is 551. The summed E-state index contributed by atoms with van der Waals surface area (Å²) >= 11 is 5.77. The van der Waals surface area contributed by atoms with Crippen molar-refractivity contribution in [3.63, 3.8) is 0 Å². The molecule has 1 heterocycles. The van der Waals surface area contributed by atoms with Gasteiger partial charge in [0.25, 0.3) is 0 Å². The van der Waals surface area contributed by atoms with E-state index in [1.165, 1.54) is 18.3 Å². The molecule has 17 heavy (non-hydrogen) atoms. The van der Waals surface area contributed by atoms with E-state index in [2.05, 4.69) is 4.98 Å². The molecule has 0 saturated heterocycles. The molecule has 0 bridgehead atoms. The van der Waals surface area contributed by atoms with Crippen molar-refractivity contribution in [3.05, 3.63) is 41.4 Å². The first-order chi connectivity index (χ1) is 8.00. The van der Waals surface area contributed by atoms with Gasteiger partial charge < -0.3 is 4.42 Å². The van der Waals surface area contributed by atoms with Crippen LogP contribution in [0.3, 0.4) is 0 Å². The summed E-state index contributed by atoms with van der Waals surface area (Å²) in [6, 6.07) is 2.57. The van der Waals surface area contributed by atoms with Gasteiger partial charge >= 0.3 is 0 Å². The third-order valence-corrected chi connectivity index (χ3v) is 2.58. The summed E-state index contributed by atoms with van der Waals surface area (Å²) in [5.41, 5.74) is 0.138. The van der Waals surface area contributed by atoms with Crippen LogP contribution in [0.1, 0.15) is 23.8 Å². The van der Waals surface area contributed by atoms with Gasteiger partial charge in [-0.3, -0.25) is 0 Å². The second-order valence-corrected chi connectivity index (χ2v) is 4.39. The van der Waals surface area contributed by atoms with E-state index in [1.54, 1.807) is 13.8 Å². The Kier molecular flexibility index (Phi) is 3.15.